The zero-order valence-corrected chi connectivity index (χ0v) is 26.1. The van der Waals surface area contributed by atoms with Crippen LogP contribution in [0.1, 0.15) is 51.8 Å². The maximum absolute atomic E-state index is 13.9. The predicted molar refractivity (Wildman–Crippen MR) is 163 cm³/mol. The molecule has 0 amide bonds. The van der Waals surface area contributed by atoms with Gasteiger partial charge in [-0.15, -0.1) is 11.8 Å². The highest BCUT2D eigenvalue weighted by atomic mass is 32.2. The average Bonchev–Trinajstić information content (AvgIpc) is 3.25. The van der Waals surface area contributed by atoms with E-state index in [0.717, 1.165) is 10.5 Å². The molecule has 1 aliphatic rings. The molecule has 4 rings (SSSR count). The van der Waals surface area contributed by atoms with Crippen molar-refractivity contribution >= 4 is 41.1 Å². The van der Waals surface area contributed by atoms with Gasteiger partial charge in [-0.1, -0.05) is 29.5 Å². The zero-order chi connectivity index (χ0) is 30.4. The zero-order valence-electron chi connectivity index (χ0n) is 24.5. The van der Waals surface area contributed by atoms with E-state index in [1.165, 1.54) is 11.3 Å². The Balaban J connectivity index is 1.80. The smallest absolute Gasteiger partial charge is 0.344 e. The molecule has 0 aliphatic carbocycles. The SMILES string of the molecule is CCOC(=O)COc1ccc(/C=c2\sc3n(c2=O)[C@H](c2ccc(SC)cc2)C(C(=O)OC(C)C)=C(C)N=3)cc1OCC. The fourth-order valence-corrected chi connectivity index (χ4v) is 5.91. The minimum Gasteiger partial charge on any atom is -0.490 e. The summed E-state index contributed by atoms with van der Waals surface area (Å²) in [6, 6.07) is 12.3. The number of allylic oxidation sites excluding steroid dienone is 1. The summed E-state index contributed by atoms with van der Waals surface area (Å²) in [5.74, 6) is -0.153. The van der Waals surface area contributed by atoms with Crippen LogP contribution >= 0.6 is 23.1 Å². The molecule has 1 aliphatic heterocycles. The van der Waals surface area contributed by atoms with Crippen molar-refractivity contribution in [2.24, 2.45) is 4.99 Å². The summed E-state index contributed by atoms with van der Waals surface area (Å²) >= 11 is 2.85. The summed E-state index contributed by atoms with van der Waals surface area (Å²) in [4.78, 5) is 45.2. The second-order valence-electron chi connectivity index (χ2n) is 9.54. The number of hydrogen-bond acceptors (Lipinski definition) is 10. The van der Waals surface area contributed by atoms with Crippen LogP contribution in [0, 0.1) is 0 Å². The first kappa shape index (κ1) is 31.1. The first-order valence-electron chi connectivity index (χ1n) is 13.6. The summed E-state index contributed by atoms with van der Waals surface area (Å²) in [5, 5.41) is 0. The summed E-state index contributed by atoms with van der Waals surface area (Å²) < 4.78 is 23.9. The Morgan fingerprint density at radius 1 is 1.07 bits per heavy atom. The number of nitrogens with zero attached hydrogens (tertiary/aromatic N) is 2. The molecule has 222 valence electrons. The first-order valence-corrected chi connectivity index (χ1v) is 15.6. The lowest BCUT2D eigenvalue weighted by atomic mass is 9.96. The minimum atomic E-state index is -0.691. The molecule has 0 bridgehead atoms. The number of benzene rings is 2. The van der Waals surface area contributed by atoms with Crippen molar-refractivity contribution < 1.29 is 28.5 Å². The molecule has 0 spiro atoms. The molecule has 3 aromatic rings. The van der Waals surface area contributed by atoms with Crippen molar-refractivity contribution in [2.45, 2.75) is 51.7 Å². The average molecular weight is 611 g/mol. The van der Waals surface area contributed by atoms with E-state index in [4.69, 9.17) is 18.9 Å². The van der Waals surface area contributed by atoms with Gasteiger partial charge in [-0.2, -0.15) is 0 Å². The molecular formula is C31H34N2O7S2. The first-order chi connectivity index (χ1) is 20.2. The van der Waals surface area contributed by atoms with Crippen molar-refractivity contribution in [2.75, 3.05) is 26.1 Å². The van der Waals surface area contributed by atoms with E-state index in [1.807, 2.05) is 37.4 Å². The highest BCUT2D eigenvalue weighted by Crippen LogP contribution is 2.32. The number of thiazole rings is 1. The van der Waals surface area contributed by atoms with E-state index in [1.54, 1.807) is 68.3 Å². The van der Waals surface area contributed by atoms with Crippen molar-refractivity contribution in [1.82, 2.24) is 4.57 Å². The van der Waals surface area contributed by atoms with Crippen LogP contribution in [0.25, 0.3) is 6.08 Å². The lowest BCUT2D eigenvalue weighted by Crippen LogP contribution is -2.40. The maximum Gasteiger partial charge on any atom is 0.344 e. The van der Waals surface area contributed by atoms with E-state index < -0.39 is 18.0 Å². The highest BCUT2D eigenvalue weighted by Gasteiger charge is 2.33. The number of esters is 2. The number of rotatable bonds is 11. The van der Waals surface area contributed by atoms with Crippen LogP contribution in [0.15, 0.2) is 68.4 Å². The second-order valence-corrected chi connectivity index (χ2v) is 11.4. The van der Waals surface area contributed by atoms with Gasteiger partial charge in [0.1, 0.15) is 0 Å². The van der Waals surface area contributed by atoms with Crippen LogP contribution in [0.5, 0.6) is 11.5 Å². The topological polar surface area (TPSA) is 105 Å². The molecule has 2 heterocycles. The summed E-state index contributed by atoms with van der Waals surface area (Å²) in [5.41, 5.74) is 2.05. The van der Waals surface area contributed by atoms with Gasteiger partial charge in [0.15, 0.2) is 22.9 Å². The molecule has 1 atom stereocenters. The van der Waals surface area contributed by atoms with Crippen LogP contribution in [-0.4, -0.2) is 48.7 Å². The molecule has 0 unspecified atom stereocenters. The second kappa shape index (κ2) is 13.9. The normalized spacial score (nSPS) is 14.8. The number of aromatic nitrogens is 1. The Bertz CT molecular complexity index is 1670. The summed E-state index contributed by atoms with van der Waals surface area (Å²) in [7, 11) is 0. The molecular weight excluding hydrogens is 576 g/mol. The van der Waals surface area contributed by atoms with Crippen LogP contribution in [-0.2, 0) is 19.1 Å². The molecule has 0 saturated heterocycles. The van der Waals surface area contributed by atoms with Crippen molar-refractivity contribution in [3.05, 3.63) is 84.5 Å². The molecule has 0 radical (unpaired) electrons. The molecule has 0 fully saturated rings. The van der Waals surface area contributed by atoms with E-state index in [-0.39, 0.29) is 24.9 Å². The Morgan fingerprint density at radius 3 is 2.45 bits per heavy atom. The highest BCUT2D eigenvalue weighted by molar-refractivity contribution is 7.98. The number of hydrogen-bond donors (Lipinski definition) is 0. The number of ether oxygens (including phenoxy) is 4. The number of thioether (sulfide) groups is 1. The number of fused-ring (bicyclic) bond motifs is 1. The van der Waals surface area contributed by atoms with Gasteiger partial charge in [0.05, 0.1) is 41.2 Å². The summed E-state index contributed by atoms with van der Waals surface area (Å²) in [6.45, 7) is 9.31. The quantitative estimate of drug-likeness (QED) is 0.235. The third-order valence-electron chi connectivity index (χ3n) is 6.23. The van der Waals surface area contributed by atoms with E-state index in [0.29, 0.717) is 44.3 Å². The van der Waals surface area contributed by atoms with Gasteiger partial charge in [0.25, 0.3) is 5.56 Å². The Labute approximate surface area is 252 Å². The number of carbonyl (C=O) groups is 2. The molecule has 0 N–H and O–H groups in total. The van der Waals surface area contributed by atoms with E-state index in [2.05, 4.69) is 4.99 Å². The van der Waals surface area contributed by atoms with Gasteiger partial charge in [0, 0.05) is 4.90 Å². The van der Waals surface area contributed by atoms with Crippen LogP contribution in [0.4, 0.5) is 0 Å². The standard InChI is InChI=1S/C31H34N2O7S2/c1-7-37-24-15-20(9-14-23(24)39-17-26(34)38-8-2)16-25-29(35)33-28(21-10-12-22(41-6)13-11-21)27(30(36)40-18(3)4)19(5)32-31(33)42-25/h9-16,18,28H,7-8,17H2,1-6H3/b25-16-/t28-/m1/s1. The monoisotopic (exact) mass is 610 g/mol. The number of carbonyl (C=O) groups excluding carboxylic acids is 2. The summed E-state index contributed by atoms with van der Waals surface area (Å²) in [6.07, 6.45) is 3.41. The Kier molecular flexibility index (Phi) is 10.3. The van der Waals surface area contributed by atoms with Crippen molar-refractivity contribution in [1.29, 1.82) is 0 Å². The Hall–Kier alpha value is -3.83. The molecule has 11 heteroatoms. The fraction of sp³-hybridized carbons (Fsp3) is 0.355. The lowest BCUT2D eigenvalue weighted by molar-refractivity contribution is -0.145. The van der Waals surface area contributed by atoms with Crippen molar-refractivity contribution in [3.8, 4) is 11.5 Å². The molecule has 9 nitrogen and oxygen atoms in total. The van der Waals surface area contributed by atoms with Gasteiger partial charge in [-0.05, 0) is 82.3 Å². The van der Waals surface area contributed by atoms with Gasteiger partial charge < -0.3 is 18.9 Å². The lowest BCUT2D eigenvalue weighted by Gasteiger charge is -2.25. The van der Waals surface area contributed by atoms with Crippen molar-refractivity contribution in [3.63, 3.8) is 0 Å². The third-order valence-corrected chi connectivity index (χ3v) is 7.96. The molecule has 2 aromatic carbocycles. The predicted octanol–water partition coefficient (Wildman–Crippen LogP) is 4.25. The van der Waals surface area contributed by atoms with E-state index in [9.17, 15) is 14.4 Å². The largest absolute Gasteiger partial charge is 0.490 e. The molecule has 1 aromatic heterocycles. The maximum atomic E-state index is 13.9. The van der Waals surface area contributed by atoms with Gasteiger partial charge in [0.2, 0.25) is 0 Å². The van der Waals surface area contributed by atoms with Gasteiger partial charge in [-0.25, -0.2) is 14.6 Å². The minimum absolute atomic E-state index is 0.245. The fourth-order valence-electron chi connectivity index (χ4n) is 4.45. The van der Waals surface area contributed by atoms with Crippen LogP contribution in [0.2, 0.25) is 0 Å². The molecule has 42 heavy (non-hydrogen) atoms. The third kappa shape index (κ3) is 6.96. The van der Waals surface area contributed by atoms with Crippen LogP contribution in [0.3, 0.4) is 0 Å². The van der Waals surface area contributed by atoms with Gasteiger partial charge in [-0.3, -0.25) is 9.36 Å². The Morgan fingerprint density at radius 2 is 1.81 bits per heavy atom. The van der Waals surface area contributed by atoms with E-state index >= 15 is 0 Å². The molecule has 0 saturated carbocycles. The van der Waals surface area contributed by atoms with Gasteiger partial charge >= 0.3 is 11.9 Å². The van der Waals surface area contributed by atoms with Crippen LogP contribution < -0.4 is 24.4 Å².